The van der Waals surface area contributed by atoms with Crippen LogP contribution in [0, 0.1) is 0 Å². The zero-order chi connectivity index (χ0) is 15.2. The predicted molar refractivity (Wildman–Crippen MR) is 79.3 cm³/mol. The van der Waals surface area contributed by atoms with Gasteiger partial charge in [-0.05, 0) is 15.9 Å². The monoisotopic (exact) mass is 360 g/mol. The van der Waals surface area contributed by atoms with Crippen LogP contribution in [0.25, 0.3) is 0 Å². The van der Waals surface area contributed by atoms with Gasteiger partial charge in [0.15, 0.2) is 0 Å². The minimum absolute atomic E-state index is 0.183. The molecule has 1 unspecified atom stereocenters. The second kappa shape index (κ2) is 7.53. The molecule has 116 valence electrons. The van der Waals surface area contributed by atoms with Crippen molar-refractivity contribution in [3.63, 3.8) is 0 Å². The van der Waals surface area contributed by atoms with E-state index in [1.54, 1.807) is 0 Å². The summed E-state index contributed by atoms with van der Waals surface area (Å²) in [4.78, 5) is 23.2. The van der Waals surface area contributed by atoms with Crippen LogP contribution in [0.4, 0.5) is 5.69 Å². The maximum atomic E-state index is 12.1. The van der Waals surface area contributed by atoms with Crippen LogP contribution in [0.15, 0.2) is 15.5 Å². The van der Waals surface area contributed by atoms with Crippen LogP contribution in [-0.4, -0.2) is 55.2 Å². The summed E-state index contributed by atoms with van der Waals surface area (Å²) < 4.78 is 11.2. The second-order valence-corrected chi connectivity index (χ2v) is 5.31. The highest BCUT2D eigenvalue weighted by Gasteiger charge is 2.15. The fourth-order valence-electron chi connectivity index (χ4n) is 1.87. The van der Waals surface area contributed by atoms with Gasteiger partial charge in [0.1, 0.15) is 11.0 Å². The van der Waals surface area contributed by atoms with Crippen molar-refractivity contribution >= 4 is 27.6 Å². The minimum Gasteiger partial charge on any atom is -0.468 e. The largest absolute Gasteiger partial charge is 0.468 e. The molecule has 0 aliphatic carbocycles. The summed E-state index contributed by atoms with van der Waals surface area (Å²) in [6.07, 6.45) is 1.50. The first-order chi connectivity index (χ1) is 10.1. The lowest BCUT2D eigenvalue weighted by atomic mass is 10.2. The van der Waals surface area contributed by atoms with Crippen molar-refractivity contribution in [2.45, 2.75) is 12.6 Å². The van der Waals surface area contributed by atoms with Gasteiger partial charge in [-0.2, -0.15) is 5.10 Å². The average molecular weight is 361 g/mol. The van der Waals surface area contributed by atoms with Crippen LogP contribution < -0.4 is 16.2 Å². The van der Waals surface area contributed by atoms with Gasteiger partial charge in [-0.3, -0.25) is 9.59 Å². The summed E-state index contributed by atoms with van der Waals surface area (Å²) >= 11 is 3.23. The van der Waals surface area contributed by atoms with E-state index < -0.39 is 11.5 Å². The molecule has 0 bridgehead atoms. The first kappa shape index (κ1) is 15.9. The molecule has 1 atom stereocenters. The Kier molecular flexibility index (Phi) is 5.71. The Labute approximate surface area is 129 Å². The van der Waals surface area contributed by atoms with Crippen molar-refractivity contribution < 1.29 is 14.3 Å². The molecule has 1 aliphatic heterocycles. The maximum absolute atomic E-state index is 12.1. The summed E-state index contributed by atoms with van der Waals surface area (Å²) in [6.45, 7) is 2.54. The first-order valence-corrected chi connectivity index (χ1v) is 7.28. The van der Waals surface area contributed by atoms with E-state index in [1.165, 1.54) is 13.3 Å². The van der Waals surface area contributed by atoms with Crippen molar-refractivity contribution in [1.82, 2.24) is 15.1 Å². The smallest absolute Gasteiger partial charge is 0.327 e. The number of ether oxygens (including phenoxy) is 2. The zero-order valence-electron chi connectivity index (χ0n) is 11.6. The van der Waals surface area contributed by atoms with E-state index in [0.717, 1.165) is 11.2 Å². The van der Waals surface area contributed by atoms with E-state index in [1.807, 2.05) is 0 Å². The Morgan fingerprint density at radius 2 is 2.52 bits per heavy atom. The van der Waals surface area contributed by atoms with Gasteiger partial charge in [0.2, 0.25) is 0 Å². The SMILES string of the molecule is COC(=O)Cn1ncc(NCC2COCCN2)c(Br)c1=O. The highest BCUT2D eigenvalue weighted by atomic mass is 79.9. The number of hydrogen-bond acceptors (Lipinski definition) is 7. The summed E-state index contributed by atoms with van der Waals surface area (Å²) in [7, 11) is 1.26. The number of halogens is 1. The van der Waals surface area contributed by atoms with Gasteiger partial charge in [0.25, 0.3) is 5.56 Å². The van der Waals surface area contributed by atoms with Crippen molar-refractivity contribution in [3.8, 4) is 0 Å². The predicted octanol–water partition coefficient (Wildman–Crippen LogP) is -0.421. The summed E-state index contributed by atoms with van der Waals surface area (Å²) in [5, 5.41) is 10.4. The normalized spacial score (nSPS) is 18.3. The summed E-state index contributed by atoms with van der Waals surface area (Å²) in [6, 6.07) is 0.183. The number of carbonyl (C=O) groups is 1. The van der Waals surface area contributed by atoms with Crippen LogP contribution in [0.1, 0.15) is 0 Å². The molecule has 0 aromatic carbocycles. The molecule has 1 aromatic heterocycles. The summed E-state index contributed by atoms with van der Waals surface area (Å²) in [5.41, 5.74) is 0.187. The number of rotatable bonds is 5. The number of aromatic nitrogens is 2. The molecule has 2 heterocycles. The topological polar surface area (TPSA) is 94.5 Å². The molecule has 2 N–H and O–H groups in total. The van der Waals surface area contributed by atoms with Gasteiger partial charge in [-0.1, -0.05) is 0 Å². The fourth-order valence-corrected chi connectivity index (χ4v) is 2.32. The molecule has 0 radical (unpaired) electrons. The van der Waals surface area contributed by atoms with Crippen molar-refractivity contribution in [2.75, 3.05) is 38.7 Å². The molecule has 8 nitrogen and oxygen atoms in total. The molecule has 1 fully saturated rings. The quantitative estimate of drug-likeness (QED) is 0.688. The Morgan fingerprint density at radius 1 is 1.71 bits per heavy atom. The van der Waals surface area contributed by atoms with Crippen LogP contribution in [0.2, 0.25) is 0 Å². The van der Waals surface area contributed by atoms with Gasteiger partial charge in [0.05, 0.1) is 32.2 Å². The molecular weight excluding hydrogens is 344 g/mol. The molecule has 1 saturated heterocycles. The third-order valence-electron chi connectivity index (χ3n) is 3.03. The Balaban J connectivity index is 2.02. The lowest BCUT2D eigenvalue weighted by molar-refractivity contribution is -0.141. The Bertz CT molecular complexity index is 557. The van der Waals surface area contributed by atoms with Crippen molar-refractivity contribution in [2.24, 2.45) is 0 Å². The average Bonchev–Trinajstić information content (AvgIpc) is 2.52. The minimum atomic E-state index is -0.527. The van der Waals surface area contributed by atoms with E-state index in [2.05, 4.69) is 36.4 Å². The van der Waals surface area contributed by atoms with E-state index in [0.29, 0.717) is 29.9 Å². The number of nitrogens with one attached hydrogen (secondary N) is 2. The number of nitrogens with zero attached hydrogens (tertiary/aromatic N) is 2. The molecule has 0 saturated carbocycles. The van der Waals surface area contributed by atoms with E-state index in [4.69, 9.17) is 4.74 Å². The number of esters is 1. The fraction of sp³-hybridized carbons (Fsp3) is 0.583. The third kappa shape index (κ3) is 4.26. The van der Waals surface area contributed by atoms with Crippen LogP contribution >= 0.6 is 15.9 Å². The highest BCUT2D eigenvalue weighted by molar-refractivity contribution is 9.10. The highest BCUT2D eigenvalue weighted by Crippen LogP contribution is 2.16. The maximum Gasteiger partial charge on any atom is 0.327 e. The molecule has 1 aliphatic rings. The third-order valence-corrected chi connectivity index (χ3v) is 3.80. The van der Waals surface area contributed by atoms with Gasteiger partial charge in [-0.25, -0.2) is 4.68 Å². The van der Waals surface area contributed by atoms with Gasteiger partial charge in [0, 0.05) is 19.1 Å². The van der Waals surface area contributed by atoms with Crippen molar-refractivity contribution in [1.29, 1.82) is 0 Å². The number of hydrogen-bond donors (Lipinski definition) is 2. The molecule has 9 heteroatoms. The zero-order valence-corrected chi connectivity index (χ0v) is 13.2. The van der Waals surface area contributed by atoms with Gasteiger partial charge in [-0.15, -0.1) is 0 Å². The van der Waals surface area contributed by atoms with Crippen molar-refractivity contribution in [3.05, 3.63) is 21.0 Å². The van der Waals surface area contributed by atoms with E-state index >= 15 is 0 Å². The standard InChI is InChI=1S/C12H17BrN4O4/c1-20-10(18)6-17-12(19)11(13)9(5-16-17)15-4-8-7-21-3-2-14-8/h5,8,14-15H,2-4,6-7H2,1H3. The van der Waals surface area contributed by atoms with Gasteiger partial charge < -0.3 is 20.1 Å². The lowest BCUT2D eigenvalue weighted by Gasteiger charge is -2.24. The molecule has 21 heavy (non-hydrogen) atoms. The molecular formula is C12H17BrN4O4. The van der Waals surface area contributed by atoms with Crippen LogP contribution in [-0.2, 0) is 20.8 Å². The molecule has 0 amide bonds. The number of carbonyl (C=O) groups excluding carboxylic acids is 1. The Hall–Kier alpha value is -1.45. The lowest BCUT2D eigenvalue weighted by Crippen LogP contribution is -2.45. The van der Waals surface area contributed by atoms with Gasteiger partial charge >= 0.3 is 5.97 Å². The van der Waals surface area contributed by atoms with Crippen LogP contribution in [0.5, 0.6) is 0 Å². The molecule has 1 aromatic rings. The summed E-state index contributed by atoms with van der Waals surface area (Å²) in [5.74, 6) is -0.527. The van der Waals surface area contributed by atoms with E-state index in [-0.39, 0.29) is 12.6 Å². The number of morpholine rings is 1. The second-order valence-electron chi connectivity index (χ2n) is 4.52. The molecule has 0 spiro atoms. The van der Waals surface area contributed by atoms with Crippen LogP contribution in [0.3, 0.4) is 0 Å². The number of methoxy groups -OCH3 is 1. The van der Waals surface area contributed by atoms with E-state index in [9.17, 15) is 9.59 Å². The number of anilines is 1. The molecule has 2 rings (SSSR count). The Morgan fingerprint density at radius 3 is 3.19 bits per heavy atom. The first-order valence-electron chi connectivity index (χ1n) is 6.49.